The van der Waals surface area contributed by atoms with Crippen LogP contribution >= 0.6 is 0 Å². The van der Waals surface area contributed by atoms with Gasteiger partial charge in [-0.05, 0) is 6.42 Å². The smallest absolute Gasteiger partial charge is 0.157 e. The van der Waals surface area contributed by atoms with Crippen LogP contribution in [-0.4, -0.2) is 27.7 Å². The Morgan fingerprint density at radius 1 is 1.33 bits per heavy atom. The monoisotopic (exact) mass is 130 g/mol. The number of hydrogen-bond donors (Lipinski definition) is 3. The summed E-state index contributed by atoms with van der Waals surface area (Å²) in [6.45, 7) is 0. The highest BCUT2D eigenvalue weighted by Gasteiger charge is 2.21. The van der Waals surface area contributed by atoms with Crippen molar-refractivity contribution in [3.8, 4) is 0 Å². The van der Waals surface area contributed by atoms with Gasteiger partial charge in [-0.2, -0.15) is 0 Å². The van der Waals surface area contributed by atoms with E-state index in [0.29, 0.717) is 6.42 Å². The van der Waals surface area contributed by atoms with E-state index in [0.717, 1.165) is 0 Å². The van der Waals surface area contributed by atoms with E-state index in [-0.39, 0.29) is 5.92 Å². The minimum absolute atomic E-state index is 0.278. The van der Waals surface area contributed by atoms with Crippen LogP contribution in [0.4, 0.5) is 0 Å². The van der Waals surface area contributed by atoms with Crippen LogP contribution in [0, 0.1) is 5.92 Å². The van der Waals surface area contributed by atoms with Crippen LogP contribution in [0.3, 0.4) is 0 Å². The molecular formula is C6H10O3. The van der Waals surface area contributed by atoms with Gasteiger partial charge in [-0.15, -0.1) is 0 Å². The van der Waals surface area contributed by atoms with Crippen LogP contribution < -0.4 is 0 Å². The second kappa shape index (κ2) is 2.47. The van der Waals surface area contributed by atoms with Crippen LogP contribution in [-0.2, 0) is 0 Å². The van der Waals surface area contributed by atoms with E-state index in [1.165, 1.54) is 0 Å². The Hall–Kier alpha value is -0.380. The molecule has 0 fully saturated rings. The molecule has 0 aliphatic heterocycles. The zero-order chi connectivity index (χ0) is 6.85. The van der Waals surface area contributed by atoms with Gasteiger partial charge >= 0.3 is 0 Å². The molecular weight excluding hydrogens is 120 g/mol. The average Bonchev–Trinajstić information content (AvgIpc) is 2.14. The highest BCUT2D eigenvalue weighted by molar-refractivity contribution is 5.02. The van der Waals surface area contributed by atoms with Crippen LogP contribution in [0.5, 0.6) is 0 Å². The van der Waals surface area contributed by atoms with Crippen LogP contribution in [0.15, 0.2) is 12.2 Å². The molecule has 0 spiro atoms. The highest BCUT2D eigenvalue weighted by atomic mass is 16.5. The molecule has 0 radical (unpaired) electrons. The lowest BCUT2D eigenvalue weighted by atomic mass is 10.1. The van der Waals surface area contributed by atoms with Crippen LogP contribution in [0.1, 0.15) is 6.42 Å². The molecule has 1 aliphatic rings. The molecule has 0 aromatic rings. The van der Waals surface area contributed by atoms with Crippen LogP contribution in [0.2, 0.25) is 0 Å². The second-order valence-corrected chi connectivity index (χ2v) is 2.27. The predicted molar refractivity (Wildman–Crippen MR) is 31.5 cm³/mol. The SMILES string of the molecule is OC(O)[C@H]1C=C[C@@H](O)C1. The third-order valence-corrected chi connectivity index (χ3v) is 1.48. The van der Waals surface area contributed by atoms with E-state index < -0.39 is 12.4 Å². The fraction of sp³-hybridized carbons (Fsp3) is 0.667. The number of aliphatic hydroxyl groups is 3. The van der Waals surface area contributed by atoms with Crippen molar-refractivity contribution < 1.29 is 15.3 Å². The first kappa shape index (κ1) is 6.74. The van der Waals surface area contributed by atoms with Crippen molar-refractivity contribution in [3.05, 3.63) is 12.2 Å². The summed E-state index contributed by atoms with van der Waals surface area (Å²) < 4.78 is 0. The van der Waals surface area contributed by atoms with E-state index in [1.807, 2.05) is 0 Å². The third kappa shape index (κ3) is 1.51. The molecule has 1 rings (SSSR count). The molecule has 0 saturated heterocycles. The Labute approximate surface area is 53.3 Å². The Bertz CT molecular complexity index is 119. The van der Waals surface area contributed by atoms with E-state index in [1.54, 1.807) is 12.2 Å². The van der Waals surface area contributed by atoms with Gasteiger partial charge < -0.3 is 15.3 Å². The van der Waals surface area contributed by atoms with Crippen molar-refractivity contribution in [2.24, 2.45) is 5.92 Å². The van der Waals surface area contributed by atoms with Crippen molar-refractivity contribution in [2.45, 2.75) is 18.8 Å². The average molecular weight is 130 g/mol. The lowest BCUT2D eigenvalue weighted by molar-refractivity contribution is -0.0739. The summed E-state index contributed by atoms with van der Waals surface area (Å²) in [5.41, 5.74) is 0. The largest absolute Gasteiger partial charge is 0.389 e. The molecule has 0 aromatic carbocycles. The summed E-state index contributed by atoms with van der Waals surface area (Å²) in [5.74, 6) is -0.278. The van der Waals surface area contributed by atoms with Crippen LogP contribution in [0.25, 0.3) is 0 Å². The van der Waals surface area contributed by atoms with E-state index in [9.17, 15) is 0 Å². The molecule has 0 unspecified atom stereocenters. The Morgan fingerprint density at radius 2 is 2.00 bits per heavy atom. The fourth-order valence-electron chi connectivity index (χ4n) is 0.928. The van der Waals surface area contributed by atoms with Crippen molar-refractivity contribution in [2.75, 3.05) is 0 Å². The molecule has 0 saturated carbocycles. The quantitative estimate of drug-likeness (QED) is 0.323. The van der Waals surface area contributed by atoms with Gasteiger partial charge in [0.25, 0.3) is 0 Å². The summed E-state index contributed by atoms with van der Waals surface area (Å²) in [6, 6.07) is 0. The molecule has 3 heteroatoms. The van der Waals surface area contributed by atoms with Gasteiger partial charge in [0.05, 0.1) is 6.10 Å². The Balaban J connectivity index is 2.41. The van der Waals surface area contributed by atoms with Crippen molar-refractivity contribution >= 4 is 0 Å². The van der Waals surface area contributed by atoms with E-state index >= 15 is 0 Å². The summed E-state index contributed by atoms with van der Waals surface area (Å²) in [4.78, 5) is 0. The number of hydrogen-bond acceptors (Lipinski definition) is 3. The van der Waals surface area contributed by atoms with Gasteiger partial charge in [-0.3, -0.25) is 0 Å². The number of rotatable bonds is 1. The van der Waals surface area contributed by atoms with Crippen molar-refractivity contribution in [1.82, 2.24) is 0 Å². The zero-order valence-electron chi connectivity index (χ0n) is 4.94. The molecule has 3 N–H and O–H groups in total. The minimum atomic E-state index is -1.32. The first-order valence-corrected chi connectivity index (χ1v) is 2.92. The first-order chi connectivity index (χ1) is 4.20. The fourth-order valence-corrected chi connectivity index (χ4v) is 0.928. The summed E-state index contributed by atoms with van der Waals surface area (Å²) in [6.07, 6.45) is 1.81. The van der Waals surface area contributed by atoms with E-state index in [2.05, 4.69) is 0 Å². The number of aliphatic hydroxyl groups excluding tert-OH is 2. The van der Waals surface area contributed by atoms with Crippen molar-refractivity contribution in [3.63, 3.8) is 0 Å². The molecule has 9 heavy (non-hydrogen) atoms. The topological polar surface area (TPSA) is 60.7 Å². The molecule has 2 atom stereocenters. The molecule has 0 aromatic heterocycles. The predicted octanol–water partition coefficient (Wildman–Crippen LogP) is -0.766. The van der Waals surface area contributed by atoms with Gasteiger partial charge in [0.15, 0.2) is 6.29 Å². The maximum absolute atomic E-state index is 8.84. The molecule has 0 amide bonds. The molecule has 0 heterocycles. The van der Waals surface area contributed by atoms with Gasteiger partial charge in [0, 0.05) is 5.92 Å². The first-order valence-electron chi connectivity index (χ1n) is 2.92. The third-order valence-electron chi connectivity index (χ3n) is 1.48. The lowest BCUT2D eigenvalue weighted by Crippen LogP contribution is -2.17. The Kier molecular flexibility index (Phi) is 1.85. The lowest BCUT2D eigenvalue weighted by Gasteiger charge is -2.09. The summed E-state index contributed by atoms with van der Waals surface area (Å²) in [5, 5.41) is 26.0. The maximum Gasteiger partial charge on any atom is 0.157 e. The highest BCUT2D eigenvalue weighted by Crippen LogP contribution is 2.19. The second-order valence-electron chi connectivity index (χ2n) is 2.27. The Morgan fingerprint density at radius 3 is 2.22 bits per heavy atom. The van der Waals surface area contributed by atoms with Gasteiger partial charge in [0.2, 0.25) is 0 Å². The van der Waals surface area contributed by atoms with Gasteiger partial charge in [0.1, 0.15) is 0 Å². The molecule has 0 bridgehead atoms. The van der Waals surface area contributed by atoms with Gasteiger partial charge in [-0.25, -0.2) is 0 Å². The normalized spacial score (nSPS) is 34.2. The summed E-state index contributed by atoms with van der Waals surface area (Å²) in [7, 11) is 0. The zero-order valence-corrected chi connectivity index (χ0v) is 4.94. The standard InChI is InChI=1S/C6H10O3/c7-5-2-1-4(3-5)6(8)9/h1-2,4-9H,3H2/t4-,5+/m0/s1. The van der Waals surface area contributed by atoms with Gasteiger partial charge in [-0.1, -0.05) is 12.2 Å². The minimum Gasteiger partial charge on any atom is -0.389 e. The molecule has 3 nitrogen and oxygen atoms in total. The molecule has 1 aliphatic carbocycles. The van der Waals surface area contributed by atoms with Crippen molar-refractivity contribution in [1.29, 1.82) is 0 Å². The maximum atomic E-state index is 8.84. The summed E-state index contributed by atoms with van der Waals surface area (Å²) >= 11 is 0. The van der Waals surface area contributed by atoms with E-state index in [4.69, 9.17) is 15.3 Å². The molecule has 52 valence electrons.